The van der Waals surface area contributed by atoms with Crippen molar-refractivity contribution in [3.8, 4) is 0 Å². The van der Waals surface area contributed by atoms with E-state index >= 15 is 0 Å². The highest BCUT2D eigenvalue weighted by atomic mass is 16.6. The maximum atomic E-state index is 11.9. The van der Waals surface area contributed by atoms with Gasteiger partial charge < -0.3 is 10.1 Å². The number of ether oxygens (including phenoxy) is 1. The molecule has 1 saturated heterocycles. The highest BCUT2D eigenvalue weighted by molar-refractivity contribution is 5.96. The predicted molar refractivity (Wildman–Crippen MR) is 82.7 cm³/mol. The maximum absolute atomic E-state index is 11.9. The van der Waals surface area contributed by atoms with Crippen LogP contribution in [0.1, 0.15) is 23.2 Å². The van der Waals surface area contributed by atoms with Crippen LogP contribution in [0.3, 0.4) is 0 Å². The minimum Gasteiger partial charge on any atom is -0.376 e. The zero-order valence-electron chi connectivity index (χ0n) is 12.9. The summed E-state index contributed by atoms with van der Waals surface area (Å²) in [5.41, 5.74) is 2.53. The number of hydrazine groups is 1. The molecular formula is C13H15N5O7. The Balaban J connectivity index is 1.94. The standard InChI is InChI=1S/C13H15N5O7/c19-12(15-16-13(20)14-7-11-2-1-3-25-11)8-4-9(17(21)22)6-10(5-8)18(23)24/h4-6,11H,1-3,7H2,(H,15,19)(H2,14,16,20). The summed E-state index contributed by atoms with van der Waals surface area (Å²) in [6.45, 7) is 0.903. The van der Waals surface area contributed by atoms with Crippen molar-refractivity contribution < 1.29 is 24.2 Å². The summed E-state index contributed by atoms with van der Waals surface area (Å²) in [6.07, 6.45) is 1.65. The molecule has 1 aliphatic heterocycles. The summed E-state index contributed by atoms with van der Waals surface area (Å²) in [6, 6.07) is 1.77. The van der Waals surface area contributed by atoms with Crippen molar-refractivity contribution in [2.45, 2.75) is 18.9 Å². The van der Waals surface area contributed by atoms with Crippen LogP contribution in [0.5, 0.6) is 0 Å². The van der Waals surface area contributed by atoms with Crippen molar-refractivity contribution in [2.75, 3.05) is 13.2 Å². The van der Waals surface area contributed by atoms with Gasteiger partial charge in [-0.3, -0.25) is 30.4 Å². The molecule has 1 aromatic rings. The van der Waals surface area contributed by atoms with Crippen molar-refractivity contribution in [1.82, 2.24) is 16.2 Å². The molecule has 0 saturated carbocycles. The molecule has 12 heteroatoms. The smallest absolute Gasteiger partial charge is 0.333 e. The van der Waals surface area contributed by atoms with Gasteiger partial charge in [0.15, 0.2) is 0 Å². The third-order valence-electron chi connectivity index (χ3n) is 3.39. The first kappa shape index (κ1) is 18.1. The van der Waals surface area contributed by atoms with Gasteiger partial charge in [0.05, 0.1) is 27.6 Å². The quantitative estimate of drug-likeness (QED) is 0.515. The van der Waals surface area contributed by atoms with E-state index < -0.39 is 33.2 Å². The summed E-state index contributed by atoms with van der Waals surface area (Å²) in [5, 5.41) is 24.1. The number of nitro groups is 2. The molecule has 1 heterocycles. The van der Waals surface area contributed by atoms with Gasteiger partial charge in [-0.1, -0.05) is 0 Å². The van der Waals surface area contributed by atoms with E-state index in [0.717, 1.165) is 31.0 Å². The van der Waals surface area contributed by atoms with Crippen molar-refractivity contribution in [3.63, 3.8) is 0 Å². The van der Waals surface area contributed by atoms with Crippen LogP contribution in [0.2, 0.25) is 0 Å². The average molecular weight is 353 g/mol. The summed E-state index contributed by atoms with van der Waals surface area (Å²) >= 11 is 0. The molecule has 25 heavy (non-hydrogen) atoms. The second-order valence-corrected chi connectivity index (χ2v) is 5.18. The lowest BCUT2D eigenvalue weighted by Crippen LogP contribution is -2.48. The maximum Gasteiger partial charge on any atom is 0.333 e. The third kappa shape index (κ3) is 5.10. The molecule has 134 valence electrons. The summed E-state index contributed by atoms with van der Waals surface area (Å²) in [5.74, 6) is -0.931. The molecule has 3 amide bonds. The van der Waals surface area contributed by atoms with Gasteiger partial charge in [-0.25, -0.2) is 10.2 Å². The van der Waals surface area contributed by atoms with E-state index in [-0.39, 0.29) is 18.2 Å². The van der Waals surface area contributed by atoms with Gasteiger partial charge in [0.1, 0.15) is 0 Å². The van der Waals surface area contributed by atoms with Crippen LogP contribution in [0.15, 0.2) is 18.2 Å². The Morgan fingerprint density at radius 1 is 1.12 bits per heavy atom. The zero-order valence-corrected chi connectivity index (χ0v) is 12.9. The van der Waals surface area contributed by atoms with Crippen molar-refractivity contribution in [3.05, 3.63) is 44.0 Å². The fourth-order valence-corrected chi connectivity index (χ4v) is 2.18. The minimum atomic E-state index is -0.931. The lowest BCUT2D eigenvalue weighted by Gasteiger charge is -2.12. The number of carbonyl (C=O) groups is 2. The number of non-ortho nitro benzene ring substituents is 2. The van der Waals surface area contributed by atoms with E-state index in [1.807, 2.05) is 5.43 Å². The Morgan fingerprint density at radius 2 is 1.76 bits per heavy atom. The first-order valence-electron chi connectivity index (χ1n) is 7.26. The number of nitro benzene ring substituents is 2. The number of hydrogen-bond donors (Lipinski definition) is 3. The highest BCUT2D eigenvalue weighted by Crippen LogP contribution is 2.22. The SMILES string of the molecule is O=C(NCC1CCCO1)NNC(=O)c1cc([N+](=O)[O-])cc([N+](=O)[O-])c1. The second-order valence-electron chi connectivity index (χ2n) is 5.18. The van der Waals surface area contributed by atoms with Crippen LogP contribution < -0.4 is 16.2 Å². The normalized spacial score (nSPS) is 16.1. The highest BCUT2D eigenvalue weighted by Gasteiger charge is 2.20. The number of carbonyl (C=O) groups excluding carboxylic acids is 2. The number of amides is 3. The van der Waals surface area contributed by atoms with E-state index in [0.29, 0.717) is 6.61 Å². The van der Waals surface area contributed by atoms with Gasteiger partial charge in [-0.15, -0.1) is 0 Å². The van der Waals surface area contributed by atoms with E-state index in [1.165, 1.54) is 0 Å². The minimum absolute atomic E-state index is 0.0825. The molecule has 1 aromatic carbocycles. The van der Waals surface area contributed by atoms with Gasteiger partial charge in [0.2, 0.25) is 0 Å². The molecule has 1 fully saturated rings. The molecule has 1 aliphatic rings. The summed E-state index contributed by atoms with van der Waals surface area (Å²) in [7, 11) is 0. The molecule has 0 aromatic heterocycles. The largest absolute Gasteiger partial charge is 0.376 e. The fourth-order valence-electron chi connectivity index (χ4n) is 2.18. The first-order chi connectivity index (χ1) is 11.9. The van der Waals surface area contributed by atoms with Crippen LogP contribution in [-0.4, -0.2) is 41.0 Å². The first-order valence-corrected chi connectivity index (χ1v) is 7.26. The van der Waals surface area contributed by atoms with Crippen LogP contribution >= 0.6 is 0 Å². The Hall–Kier alpha value is -3.28. The van der Waals surface area contributed by atoms with Crippen molar-refractivity contribution in [1.29, 1.82) is 0 Å². The monoisotopic (exact) mass is 353 g/mol. The van der Waals surface area contributed by atoms with Crippen LogP contribution in [0.4, 0.5) is 16.2 Å². The molecular weight excluding hydrogens is 338 g/mol. The van der Waals surface area contributed by atoms with Gasteiger partial charge in [-0.05, 0) is 12.8 Å². The molecule has 2 rings (SSSR count). The van der Waals surface area contributed by atoms with E-state index in [1.54, 1.807) is 0 Å². The number of hydrogen-bond acceptors (Lipinski definition) is 7. The molecule has 0 bridgehead atoms. The van der Waals surface area contributed by atoms with Crippen LogP contribution in [0, 0.1) is 20.2 Å². The molecule has 0 radical (unpaired) electrons. The van der Waals surface area contributed by atoms with Crippen LogP contribution in [-0.2, 0) is 4.74 Å². The topological polar surface area (TPSA) is 166 Å². The molecule has 0 spiro atoms. The van der Waals surface area contributed by atoms with Gasteiger partial charge in [0, 0.05) is 25.3 Å². The lowest BCUT2D eigenvalue weighted by atomic mass is 10.1. The number of benzene rings is 1. The average Bonchev–Trinajstić information content (AvgIpc) is 3.10. The lowest BCUT2D eigenvalue weighted by molar-refractivity contribution is -0.394. The van der Waals surface area contributed by atoms with Gasteiger partial charge in [-0.2, -0.15) is 0 Å². The summed E-state index contributed by atoms with van der Waals surface area (Å²) < 4.78 is 5.31. The Kier molecular flexibility index (Phi) is 5.79. The van der Waals surface area contributed by atoms with Crippen molar-refractivity contribution >= 4 is 23.3 Å². The Labute approximate surface area is 140 Å². The Bertz CT molecular complexity index is 670. The second kappa shape index (κ2) is 8.01. The zero-order chi connectivity index (χ0) is 18.4. The fraction of sp³-hybridized carbons (Fsp3) is 0.385. The number of nitrogens with zero attached hydrogens (tertiary/aromatic N) is 2. The van der Waals surface area contributed by atoms with E-state index in [9.17, 15) is 29.8 Å². The Morgan fingerprint density at radius 3 is 2.28 bits per heavy atom. The third-order valence-corrected chi connectivity index (χ3v) is 3.39. The summed E-state index contributed by atoms with van der Waals surface area (Å²) in [4.78, 5) is 43.4. The molecule has 1 unspecified atom stereocenters. The molecule has 3 N–H and O–H groups in total. The molecule has 12 nitrogen and oxygen atoms in total. The number of urea groups is 1. The molecule has 0 aliphatic carbocycles. The number of nitrogens with one attached hydrogen (secondary N) is 3. The number of rotatable bonds is 5. The van der Waals surface area contributed by atoms with E-state index in [2.05, 4.69) is 10.7 Å². The predicted octanol–water partition coefficient (Wildman–Crippen LogP) is 0.626. The van der Waals surface area contributed by atoms with Gasteiger partial charge >= 0.3 is 6.03 Å². The molecule has 1 atom stereocenters. The van der Waals surface area contributed by atoms with Crippen molar-refractivity contribution in [2.24, 2.45) is 0 Å². The van der Waals surface area contributed by atoms with Crippen LogP contribution in [0.25, 0.3) is 0 Å². The van der Waals surface area contributed by atoms with Gasteiger partial charge in [0.25, 0.3) is 17.3 Å². The van der Waals surface area contributed by atoms with E-state index in [4.69, 9.17) is 4.74 Å².